The Labute approximate surface area is 98.6 Å². The predicted octanol–water partition coefficient (Wildman–Crippen LogP) is 2.08. The van der Waals surface area contributed by atoms with Gasteiger partial charge in [-0.15, -0.1) is 0 Å². The fraction of sp³-hybridized carbons (Fsp3) is 0.0714. The Morgan fingerprint density at radius 1 is 1.06 bits per heavy atom. The molecule has 0 radical (unpaired) electrons. The van der Waals surface area contributed by atoms with E-state index in [4.69, 9.17) is 5.26 Å². The molecular formula is C14H10N3+. The van der Waals surface area contributed by atoms with E-state index in [-0.39, 0.29) is 0 Å². The Morgan fingerprint density at radius 3 is 2.65 bits per heavy atom. The topological polar surface area (TPSA) is 40.6 Å². The second-order valence-corrected chi connectivity index (χ2v) is 3.97. The second kappa shape index (κ2) is 3.53. The first kappa shape index (κ1) is 9.73. The molecule has 0 aliphatic rings. The van der Waals surface area contributed by atoms with Crippen LogP contribution in [0.1, 0.15) is 5.56 Å². The summed E-state index contributed by atoms with van der Waals surface area (Å²) in [5.41, 5.74) is 4.57. The van der Waals surface area contributed by atoms with Gasteiger partial charge >= 0.3 is 0 Å². The lowest BCUT2D eigenvalue weighted by Crippen LogP contribution is -2.30. The van der Waals surface area contributed by atoms with E-state index in [1.54, 1.807) is 6.07 Å². The monoisotopic (exact) mass is 220 g/mol. The van der Waals surface area contributed by atoms with Gasteiger partial charge in [-0.25, -0.2) is 4.98 Å². The van der Waals surface area contributed by atoms with Crippen molar-refractivity contribution < 1.29 is 4.57 Å². The maximum atomic E-state index is 8.92. The lowest BCUT2D eigenvalue weighted by Gasteiger charge is -2.00. The molecular weight excluding hydrogens is 210 g/mol. The summed E-state index contributed by atoms with van der Waals surface area (Å²) in [6.07, 6.45) is 0. The molecule has 80 valence electrons. The third kappa shape index (κ3) is 1.42. The van der Waals surface area contributed by atoms with Crippen LogP contribution in [0, 0.1) is 11.3 Å². The Kier molecular flexibility index (Phi) is 2.02. The Bertz CT molecular complexity index is 769. The van der Waals surface area contributed by atoms with Crippen LogP contribution < -0.4 is 4.57 Å². The smallest absolute Gasteiger partial charge is 0.232 e. The molecule has 0 saturated heterocycles. The molecule has 0 spiro atoms. The zero-order chi connectivity index (χ0) is 11.8. The quantitative estimate of drug-likeness (QED) is 0.430. The summed E-state index contributed by atoms with van der Waals surface area (Å²) in [5.74, 6) is 0. The van der Waals surface area contributed by atoms with Crippen molar-refractivity contribution in [2.75, 3.05) is 0 Å². The number of hydrogen-bond acceptors (Lipinski definition) is 2. The first-order valence-electron chi connectivity index (χ1n) is 5.38. The van der Waals surface area contributed by atoms with Gasteiger partial charge in [-0.05, 0) is 18.2 Å². The Balaban J connectivity index is 2.52. The lowest BCUT2D eigenvalue weighted by atomic mass is 10.2. The molecule has 0 bridgehead atoms. The maximum absolute atomic E-state index is 8.92. The molecule has 3 rings (SSSR count). The minimum absolute atomic E-state index is 0.658. The summed E-state index contributed by atoms with van der Waals surface area (Å²) in [6, 6.07) is 15.7. The van der Waals surface area contributed by atoms with Crippen molar-refractivity contribution in [3.8, 4) is 6.07 Å². The fourth-order valence-electron chi connectivity index (χ4n) is 2.06. The number of hydrogen-bond donors (Lipinski definition) is 0. The Morgan fingerprint density at radius 2 is 1.82 bits per heavy atom. The first-order chi connectivity index (χ1) is 8.29. The summed E-state index contributed by atoms with van der Waals surface area (Å²) in [4.78, 5) is 4.58. The van der Waals surface area contributed by atoms with Gasteiger partial charge in [0.2, 0.25) is 11.0 Å². The van der Waals surface area contributed by atoms with Crippen LogP contribution >= 0.6 is 0 Å². The molecule has 0 aliphatic heterocycles. The van der Waals surface area contributed by atoms with E-state index in [1.807, 2.05) is 43.4 Å². The molecule has 0 atom stereocenters. The van der Waals surface area contributed by atoms with Gasteiger partial charge in [0, 0.05) is 12.1 Å². The molecule has 0 N–H and O–H groups in total. The van der Waals surface area contributed by atoms with Gasteiger partial charge in [0.15, 0.2) is 0 Å². The normalized spacial score (nSPS) is 10.6. The van der Waals surface area contributed by atoms with Crippen molar-refractivity contribution in [1.82, 2.24) is 4.98 Å². The van der Waals surface area contributed by atoms with Crippen molar-refractivity contribution >= 4 is 22.1 Å². The van der Waals surface area contributed by atoms with Crippen LogP contribution in [-0.2, 0) is 7.05 Å². The number of benzene rings is 2. The summed E-state index contributed by atoms with van der Waals surface area (Å²) < 4.78 is 2.07. The molecule has 1 heterocycles. The van der Waals surface area contributed by atoms with Crippen LogP contribution in [0.15, 0.2) is 42.5 Å². The van der Waals surface area contributed by atoms with Crippen LogP contribution in [0.2, 0.25) is 0 Å². The van der Waals surface area contributed by atoms with Crippen molar-refractivity contribution in [2.24, 2.45) is 7.05 Å². The van der Waals surface area contributed by atoms with Crippen molar-refractivity contribution in [3.05, 3.63) is 48.0 Å². The van der Waals surface area contributed by atoms with Gasteiger partial charge in [-0.2, -0.15) is 9.83 Å². The molecule has 0 saturated carbocycles. The highest BCUT2D eigenvalue weighted by atomic mass is 15.0. The highest BCUT2D eigenvalue weighted by Gasteiger charge is 2.12. The number of rotatable bonds is 0. The first-order valence-corrected chi connectivity index (χ1v) is 5.38. The van der Waals surface area contributed by atoms with E-state index in [1.165, 1.54) is 0 Å². The standard InChI is InChI=1S/C14H10N3/c1-17-13-5-3-2-4-11(13)16-12-7-6-10(9-15)8-14(12)17/h2-8H,1H3/q+1. The molecule has 0 unspecified atom stereocenters. The maximum Gasteiger partial charge on any atom is 0.232 e. The lowest BCUT2D eigenvalue weighted by molar-refractivity contribution is -0.617. The highest BCUT2D eigenvalue weighted by Crippen LogP contribution is 2.14. The molecule has 0 fully saturated rings. The minimum Gasteiger partial charge on any atom is -0.235 e. The van der Waals surface area contributed by atoms with E-state index in [0.717, 1.165) is 22.1 Å². The summed E-state index contributed by atoms with van der Waals surface area (Å²) in [5, 5.41) is 8.92. The van der Waals surface area contributed by atoms with E-state index >= 15 is 0 Å². The van der Waals surface area contributed by atoms with Crippen LogP contribution in [0.5, 0.6) is 0 Å². The van der Waals surface area contributed by atoms with Gasteiger partial charge in [0.05, 0.1) is 11.6 Å². The zero-order valence-electron chi connectivity index (χ0n) is 9.38. The number of fused-ring (bicyclic) bond motifs is 2. The summed E-state index contributed by atoms with van der Waals surface area (Å²) >= 11 is 0. The molecule has 1 aromatic heterocycles. The molecule has 3 nitrogen and oxygen atoms in total. The molecule has 3 aromatic rings. The van der Waals surface area contributed by atoms with E-state index in [0.29, 0.717) is 5.56 Å². The third-order valence-corrected chi connectivity index (χ3v) is 2.95. The number of nitrogens with zero attached hydrogens (tertiary/aromatic N) is 3. The van der Waals surface area contributed by atoms with Gasteiger partial charge in [-0.1, -0.05) is 12.1 Å². The average Bonchev–Trinajstić information content (AvgIpc) is 2.39. The van der Waals surface area contributed by atoms with Crippen LogP contribution in [0.4, 0.5) is 0 Å². The van der Waals surface area contributed by atoms with Gasteiger partial charge < -0.3 is 0 Å². The highest BCUT2D eigenvalue weighted by molar-refractivity contribution is 5.81. The summed E-state index contributed by atoms with van der Waals surface area (Å²) in [6.45, 7) is 0. The third-order valence-electron chi connectivity index (χ3n) is 2.95. The van der Waals surface area contributed by atoms with Gasteiger partial charge in [-0.3, -0.25) is 0 Å². The molecule has 2 aromatic carbocycles. The molecule has 0 amide bonds. The number of nitriles is 1. The van der Waals surface area contributed by atoms with Crippen LogP contribution in [0.3, 0.4) is 0 Å². The number of para-hydroxylation sites is 2. The average molecular weight is 220 g/mol. The Hall–Kier alpha value is -2.47. The summed E-state index contributed by atoms with van der Waals surface area (Å²) in [7, 11) is 1.99. The van der Waals surface area contributed by atoms with Crippen LogP contribution in [0.25, 0.3) is 22.1 Å². The number of aryl methyl sites for hydroxylation is 1. The molecule has 17 heavy (non-hydrogen) atoms. The van der Waals surface area contributed by atoms with Gasteiger partial charge in [0.1, 0.15) is 18.1 Å². The van der Waals surface area contributed by atoms with Crippen molar-refractivity contribution in [1.29, 1.82) is 5.26 Å². The largest absolute Gasteiger partial charge is 0.235 e. The minimum atomic E-state index is 0.658. The van der Waals surface area contributed by atoms with Gasteiger partial charge in [0.25, 0.3) is 0 Å². The SMILES string of the molecule is C[n+]1c2ccccc2nc2ccc(C#N)cc21. The fourth-order valence-corrected chi connectivity index (χ4v) is 2.06. The van der Waals surface area contributed by atoms with Crippen LogP contribution in [-0.4, -0.2) is 4.98 Å². The van der Waals surface area contributed by atoms with E-state index in [2.05, 4.69) is 15.6 Å². The second-order valence-electron chi connectivity index (χ2n) is 3.97. The van der Waals surface area contributed by atoms with Crippen molar-refractivity contribution in [3.63, 3.8) is 0 Å². The predicted molar refractivity (Wildman–Crippen MR) is 65.1 cm³/mol. The molecule has 3 heteroatoms. The number of aromatic nitrogens is 2. The molecule has 0 aliphatic carbocycles. The van der Waals surface area contributed by atoms with E-state index < -0.39 is 0 Å². The zero-order valence-corrected chi connectivity index (χ0v) is 9.38. The van der Waals surface area contributed by atoms with Crippen molar-refractivity contribution in [2.45, 2.75) is 0 Å². The van der Waals surface area contributed by atoms with E-state index in [9.17, 15) is 0 Å².